The summed E-state index contributed by atoms with van der Waals surface area (Å²) in [7, 11) is -8.11. The van der Waals surface area contributed by atoms with E-state index in [0.717, 1.165) is 25.2 Å². The molecule has 0 aliphatic heterocycles. The van der Waals surface area contributed by atoms with Crippen molar-refractivity contribution in [2.45, 2.75) is 16.7 Å². The fraction of sp³-hybridized carbons (Fsp3) is 0.143. The van der Waals surface area contributed by atoms with Gasteiger partial charge in [0, 0.05) is 17.6 Å². The van der Waals surface area contributed by atoms with Gasteiger partial charge in [-0.2, -0.15) is 0 Å². The standard InChI is InChI=1S/C14H12BrClN2O6S2/c1-9-7-10(3-5-12(9)15)25(21,22)17(2)26(23,24)11-4-6-13(16)14(8-11)18(19)20/h3-8H,1-2H3. The SMILES string of the molecule is Cc1cc(S(=O)(=O)N(C)S(=O)(=O)c2ccc(Cl)c([N+](=O)[O-])c2)ccc1Br. The molecule has 0 N–H and O–H groups in total. The van der Waals surface area contributed by atoms with Crippen molar-refractivity contribution in [3.8, 4) is 0 Å². The Morgan fingerprint density at radius 3 is 2.04 bits per heavy atom. The summed E-state index contributed by atoms with van der Waals surface area (Å²) >= 11 is 8.90. The van der Waals surface area contributed by atoms with Gasteiger partial charge in [-0.05, 0) is 42.8 Å². The number of aryl methyl sites for hydroxylation is 1. The Labute approximate surface area is 163 Å². The highest BCUT2D eigenvalue weighted by Gasteiger charge is 2.34. The average molecular weight is 484 g/mol. The molecular formula is C14H12BrClN2O6S2. The monoisotopic (exact) mass is 482 g/mol. The molecule has 0 unspecified atom stereocenters. The van der Waals surface area contributed by atoms with E-state index in [4.69, 9.17) is 11.6 Å². The quantitative estimate of drug-likeness (QED) is 0.476. The largest absolute Gasteiger partial charge is 0.289 e. The summed E-state index contributed by atoms with van der Waals surface area (Å²) in [5, 5.41) is 10.7. The molecular weight excluding hydrogens is 472 g/mol. The fourth-order valence-corrected chi connectivity index (χ4v) is 5.64. The summed E-state index contributed by atoms with van der Waals surface area (Å²) < 4.78 is 51.5. The second kappa shape index (κ2) is 7.24. The zero-order valence-electron chi connectivity index (χ0n) is 13.4. The van der Waals surface area contributed by atoms with Crippen LogP contribution in [-0.2, 0) is 20.0 Å². The first kappa shape index (κ1) is 20.8. The predicted molar refractivity (Wildman–Crippen MR) is 99.1 cm³/mol. The lowest BCUT2D eigenvalue weighted by molar-refractivity contribution is -0.384. The first-order chi connectivity index (χ1) is 11.9. The Kier molecular flexibility index (Phi) is 5.78. The Morgan fingerprint density at radius 1 is 1.04 bits per heavy atom. The molecule has 0 bridgehead atoms. The summed E-state index contributed by atoms with van der Waals surface area (Å²) in [5.41, 5.74) is -0.0444. The lowest BCUT2D eigenvalue weighted by atomic mass is 10.2. The maximum Gasteiger partial charge on any atom is 0.289 e. The second-order valence-electron chi connectivity index (χ2n) is 5.17. The van der Waals surface area contributed by atoms with Crippen LogP contribution in [0.5, 0.6) is 0 Å². The summed E-state index contributed by atoms with van der Waals surface area (Å²) in [5.74, 6) is 0. The molecule has 2 aromatic carbocycles. The third-order valence-corrected chi connectivity index (χ3v) is 8.96. The molecule has 0 saturated heterocycles. The van der Waals surface area contributed by atoms with E-state index in [1.807, 2.05) is 0 Å². The first-order valence-corrected chi connectivity index (χ1v) is 10.9. The van der Waals surface area contributed by atoms with E-state index in [1.165, 1.54) is 18.2 Å². The highest BCUT2D eigenvalue weighted by molar-refractivity contribution is 9.10. The van der Waals surface area contributed by atoms with Crippen LogP contribution in [0, 0.1) is 17.0 Å². The van der Waals surface area contributed by atoms with Gasteiger partial charge in [-0.15, -0.1) is 0 Å². The van der Waals surface area contributed by atoms with E-state index < -0.39 is 35.6 Å². The molecule has 0 heterocycles. The highest BCUT2D eigenvalue weighted by atomic mass is 79.9. The zero-order chi connectivity index (χ0) is 19.9. The van der Waals surface area contributed by atoms with Crippen molar-refractivity contribution in [2.24, 2.45) is 0 Å². The third kappa shape index (κ3) is 3.76. The molecule has 2 rings (SSSR count). The molecule has 26 heavy (non-hydrogen) atoms. The predicted octanol–water partition coefficient (Wildman–Crippen LogP) is 3.33. The van der Waals surface area contributed by atoms with Gasteiger partial charge in [0.2, 0.25) is 0 Å². The molecule has 0 fully saturated rings. The Morgan fingerprint density at radius 2 is 1.54 bits per heavy atom. The lowest BCUT2D eigenvalue weighted by Gasteiger charge is -2.18. The summed E-state index contributed by atoms with van der Waals surface area (Å²) in [6.07, 6.45) is 0. The Bertz CT molecular complexity index is 1100. The van der Waals surface area contributed by atoms with Crippen molar-refractivity contribution >= 4 is 53.3 Å². The minimum atomic E-state index is -4.57. The van der Waals surface area contributed by atoms with Crippen LogP contribution in [0.4, 0.5) is 5.69 Å². The normalized spacial score (nSPS) is 12.3. The van der Waals surface area contributed by atoms with Gasteiger partial charge >= 0.3 is 0 Å². The average Bonchev–Trinajstić information content (AvgIpc) is 2.56. The number of halogens is 2. The fourth-order valence-electron chi connectivity index (χ4n) is 2.00. The van der Waals surface area contributed by atoms with Crippen molar-refractivity contribution in [3.05, 3.63) is 61.6 Å². The van der Waals surface area contributed by atoms with Crippen molar-refractivity contribution in [1.29, 1.82) is 0 Å². The molecule has 0 radical (unpaired) electrons. The first-order valence-electron chi connectivity index (χ1n) is 6.83. The number of hydrogen-bond donors (Lipinski definition) is 0. The van der Waals surface area contributed by atoms with Gasteiger partial charge in [-0.3, -0.25) is 10.1 Å². The molecule has 140 valence electrons. The van der Waals surface area contributed by atoms with Gasteiger partial charge < -0.3 is 0 Å². The maximum atomic E-state index is 12.7. The van der Waals surface area contributed by atoms with E-state index in [0.29, 0.717) is 10.0 Å². The zero-order valence-corrected chi connectivity index (χ0v) is 17.4. The smallest absolute Gasteiger partial charge is 0.258 e. The van der Waals surface area contributed by atoms with E-state index in [-0.39, 0.29) is 13.6 Å². The van der Waals surface area contributed by atoms with Gasteiger partial charge in [0.05, 0.1) is 14.7 Å². The molecule has 0 spiro atoms. The summed E-state index contributed by atoms with van der Waals surface area (Å²) in [4.78, 5) is 9.30. The van der Waals surface area contributed by atoms with Crippen LogP contribution in [0.3, 0.4) is 0 Å². The molecule has 12 heteroatoms. The molecule has 8 nitrogen and oxygen atoms in total. The number of sulfonamides is 2. The molecule has 0 aliphatic carbocycles. The number of benzene rings is 2. The van der Waals surface area contributed by atoms with E-state index in [1.54, 1.807) is 6.92 Å². The van der Waals surface area contributed by atoms with Crippen LogP contribution in [0.25, 0.3) is 0 Å². The molecule has 0 saturated carbocycles. The van der Waals surface area contributed by atoms with Gasteiger partial charge in [0.15, 0.2) is 0 Å². The maximum absolute atomic E-state index is 12.7. The molecule has 0 aromatic heterocycles. The minimum absolute atomic E-state index is 0.176. The van der Waals surface area contributed by atoms with Crippen LogP contribution >= 0.6 is 27.5 Å². The van der Waals surface area contributed by atoms with Crippen molar-refractivity contribution < 1.29 is 21.8 Å². The molecule has 0 aliphatic rings. The Hall–Kier alpha value is -1.53. The molecule has 2 aromatic rings. The van der Waals surface area contributed by atoms with E-state index in [2.05, 4.69) is 15.9 Å². The van der Waals surface area contributed by atoms with Crippen LogP contribution < -0.4 is 0 Å². The minimum Gasteiger partial charge on any atom is -0.258 e. The van der Waals surface area contributed by atoms with Gasteiger partial charge in [-0.1, -0.05) is 31.2 Å². The number of nitrogens with zero attached hydrogens (tertiary/aromatic N) is 2. The summed E-state index contributed by atoms with van der Waals surface area (Å²) in [6, 6.07) is 6.80. The highest BCUT2D eigenvalue weighted by Crippen LogP contribution is 2.30. The van der Waals surface area contributed by atoms with Crippen molar-refractivity contribution in [2.75, 3.05) is 7.05 Å². The topological polar surface area (TPSA) is 115 Å². The van der Waals surface area contributed by atoms with Crippen molar-refractivity contribution in [3.63, 3.8) is 0 Å². The van der Waals surface area contributed by atoms with Crippen LogP contribution in [0.2, 0.25) is 5.02 Å². The van der Waals surface area contributed by atoms with E-state index >= 15 is 0 Å². The van der Waals surface area contributed by atoms with Crippen molar-refractivity contribution in [1.82, 2.24) is 3.71 Å². The molecule has 0 amide bonds. The number of nitro benzene ring substituents is 1. The number of nitro groups is 1. The van der Waals surface area contributed by atoms with E-state index in [9.17, 15) is 26.9 Å². The lowest BCUT2D eigenvalue weighted by Crippen LogP contribution is -2.33. The van der Waals surface area contributed by atoms with Gasteiger partial charge in [0.25, 0.3) is 25.7 Å². The number of hydrogen-bond acceptors (Lipinski definition) is 6. The third-order valence-electron chi connectivity index (χ3n) is 3.52. The van der Waals surface area contributed by atoms with Crippen LogP contribution in [-0.4, -0.2) is 32.5 Å². The second-order valence-corrected chi connectivity index (χ2v) is 10.6. The van der Waals surface area contributed by atoms with Gasteiger partial charge in [-0.25, -0.2) is 16.8 Å². The van der Waals surface area contributed by atoms with Gasteiger partial charge in [0.1, 0.15) is 5.02 Å². The van der Waals surface area contributed by atoms with Crippen LogP contribution in [0.15, 0.2) is 50.7 Å². The number of rotatable bonds is 5. The summed E-state index contributed by atoms with van der Waals surface area (Å²) in [6.45, 7) is 1.65. The van der Waals surface area contributed by atoms with Crippen LogP contribution in [0.1, 0.15) is 5.56 Å². The molecule has 0 atom stereocenters. The Balaban J connectivity index is 2.56.